The number of nitrogens with one attached hydrogen (secondary N) is 3. The summed E-state index contributed by atoms with van der Waals surface area (Å²) in [5.74, 6) is -3.04. The number of rotatable bonds is 8. The number of hydrogen-bond donors (Lipinski definition) is 3. The summed E-state index contributed by atoms with van der Waals surface area (Å²) in [6.45, 7) is 0.489. The van der Waals surface area contributed by atoms with Crippen molar-refractivity contribution in [3.8, 4) is 0 Å². The van der Waals surface area contributed by atoms with Crippen molar-refractivity contribution in [3.05, 3.63) is 71.3 Å². The Labute approximate surface area is 155 Å². The first-order valence-corrected chi connectivity index (χ1v) is 8.30. The van der Waals surface area contributed by atoms with Crippen molar-refractivity contribution in [2.75, 3.05) is 19.6 Å². The highest BCUT2D eigenvalue weighted by Gasteiger charge is 2.12. The molecule has 0 aliphatic carbocycles. The molecule has 0 radical (unpaired) electrons. The van der Waals surface area contributed by atoms with Gasteiger partial charge in [-0.3, -0.25) is 14.4 Å². The van der Waals surface area contributed by atoms with E-state index in [0.717, 1.165) is 12.1 Å². The molecule has 3 N–H and O–H groups in total. The Bertz CT molecular complexity index is 813. The summed E-state index contributed by atoms with van der Waals surface area (Å²) in [7, 11) is 0. The highest BCUT2D eigenvalue weighted by Crippen LogP contribution is 2.09. The van der Waals surface area contributed by atoms with Crippen molar-refractivity contribution in [2.24, 2.45) is 0 Å². The Morgan fingerprint density at radius 3 is 2.15 bits per heavy atom. The zero-order valence-electron chi connectivity index (χ0n) is 14.4. The van der Waals surface area contributed by atoms with Gasteiger partial charge in [0.1, 0.15) is 11.6 Å². The molecule has 0 aliphatic heterocycles. The Morgan fingerprint density at radius 1 is 0.778 bits per heavy atom. The molecule has 0 bridgehead atoms. The van der Waals surface area contributed by atoms with E-state index in [4.69, 9.17) is 0 Å². The van der Waals surface area contributed by atoms with Crippen molar-refractivity contribution in [1.29, 1.82) is 0 Å². The minimum absolute atomic E-state index is 0.00213. The molecule has 0 aromatic heterocycles. The minimum atomic E-state index is -0.967. The third-order valence-electron chi connectivity index (χ3n) is 3.58. The molecule has 142 valence electrons. The largest absolute Gasteiger partial charge is 0.354 e. The highest BCUT2D eigenvalue weighted by molar-refractivity contribution is 5.95. The van der Waals surface area contributed by atoms with E-state index >= 15 is 0 Å². The van der Waals surface area contributed by atoms with Crippen LogP contribution in [0.1, 0.15) is 27.1 Å². The van der Waals surface area contributed by atoms with Crippen LogP contribution in [0.15, 0.2) is 48.5 Å². The smallest absolute Gasteiger partial charge is 0.254 e. The van der Waals surface area contributed by atoms with Crippen LogP contribution in [-0.4, -0.2) is 37.4 Å². The lowest BCUT2D eigenvalue weighted by Crippen LogP contribution is -2.36. The summed E-state index contributed by atoms with van der Waals surface area (Å²) in [4.78, 5) is 35.3. The fourth-order valence-electron chi connectivity index (χ4n) is 2.22. The molecule has 3 amide bonds. The quantitative estimate of drug-likeness (QED) is 0.613. The SMILES string of the molecule is O=C(CCNC(=O)c1ccc(F)cc1F)NCCNC(=O)c1ccccc1. The van der Waals surface area contributed by atoms with E-state index in [9.17, 15) is 23.2 Å². The van der Waals surface area contributed by atoms with Gasteiger partial charge in [0.15, 0.2) is 0 Å². The Hall–Kier alpha value is -3.29. The van der Waals surface area contributed by atoms with Crippen LogP contribution in [0.5, 0.6) is 0 Å². The lowest BCUT2D eigenvalue weighted by molar-refractivity contribution is -0.120. The predicted octanol–water partition coefficient (Wildman–Crippen LogP) is 1.63. The molecule has 6 nitrogen and oxygen atoms in total. The van der Waals surface area contributed by atoms with Gasteiger partial charge in [0.25, 0.3) is 11.8 Å². The predicted molar refractivity (Wildman–Crippen MR) is 95.1 cm³/mol. The van der Waals surface area contributed by atoms with E-state index < -0.39 is 17.5 Å². The molecule has 0 atom stereocenters. The van der Waals surface area contributed by atoms with Crippen LogP contribution < -0.4 is 16.0 Å². The van der Waals surface area contributed by atoms with Crippen LogP contribution in [0.4, 0.5) is 8.78 Å². The molecule has 0 spiro atoms. The molecule has 0 aliphatic rings. The van der Waals surface area contributed by atoms with Crippen LogP contribution in [0.3, 0.4) is 0 Å². The van der Waals surface area contributed by atoms with Gasteiger partial charge in [0.2, 0.25) is 5.91 Å². The van der Waals surface area contributed by atoms with E-state index in [2.05, 4.69) is 16.0 Å². The summed E-state index contributed by atoms with van der Waals surface area (Å²) < 4.78 is 26.3. The van der Waals surface area contributed by atoms with Gasteiger partial charge in [-0.1, -0.05) is 18.2 Å². The second-order valence-electron chi connectivity index (χ2n) is 5.60. The van der Waals surface area contributed by atoms with Gasteiger partial charge in [-0.2, -0.15) is 0 Å². The zero-order valence-corrected chi connectivity index (χ0v) is 14.4. The molecule has 0 saturated carbocycles. The fraction of sp³-hybridized carbons (Fsp3) is 0.211. The Morgan fingerprint density at radius 2 is 1.44 bits per heavy atom. The maximum absolute atomic E-state index is 13.5. The van der Waals surface area contributed by atoms with E-state index in [0.29, 0.717) is 11.6 Å². The third-order valence-corrected chi connectivity index (χ3v) is 3.58. The summed E-state index contributed by atoms with van der Waals surface area (Å²) in [6, 6.07) is 11.3. The maximum Gasteiger partial charge on any atom is 0.254 e. The van der Waals surface area contributed by atoms with Crippen molar-refractivity contribution in [3.63, 3.8) is 0 Å². The lowest BCUT2D eigenvalue weighted by Gasteiger charge is -2.08. The molecule has 0 saturated heterocycles. The average molecular weight is 375 g/mol. The van der Waals surface area contributed by atoms with E-state index in [1.165, 1.54) is 0 Å². The van der Waals surface area contributed by atoms with E-state index in [1.807, 2.05) is 0 Å². The number of amides is 3. The van der Waals surface area contributed by atoms with Crippen LogP contribution in [0, 0.1) is 11.6 Å². The summed E-state index contributed by atoms with van der Waals surface area (Å²) in [5.41, 5.74) is 0.236. The summed E-state index contributed by atoms with van der Waals surface area (Å²) in [5, 5.41) is 7.65. The van der Waals surface area contributed by atoms with Gasteiger partial charge >= 0.3 is 0 Å². The molecule has 0 unspecified atom stereocenters. The second-order valence-corrected chi connectivity index (χ2v) is 5.60. The van der Waals surface area contributed by atoms with Gasteiger partial charge in [-0.15, -0.1) is 0 Å². The average Bonchev–Trinajstić information content (AvgIpc) is 2.65. The molecule has 0 heterocycles. The molecular weight excluding hydrogens is 356 g/mol. The normalized spacial score (nSPS) is 10.1. The van der Waals surface area contributed by atoms with Gasteiger partial charge in [0.05, 0.1) is 5.56 Å². The number of hydrogen-bond acceptors (Lipinski definition) is 3. The van der Waals surface area contributed by atoms with Crippen molar-refractivity contribution in [2.45, 2.75) is 6.42 Å². The number of carbonyl (C=O) groups is 3. The van der Waals surface area contributed by atoms with Crippen LogP contribution in [0.2, 0.25) is 0 Å². The van der Waals surface area contributed by atoms with Crippen molar-refractivity contribution < 1.29 is 23.2 Å². The second kappa shape index (κ2) is 10.0. The lowest BCUT2D eigenvalue weighted by atomic mass is 10.2. The molecule has 8 heteroatoms. The topological polar surface area (TPSA) is 87.3 Å². The van der Waals surface area contributed by atoms with Crippen molar-refractivity contribution in [1.82, 2.24) is 16.0 Å². The molecular formula is C19H19F2N3O3. The zero-order chi connectivity index (χ0) is 19.6. The summed E-state index contributed by atoms with van der Waals surface area (Å²) in [6.07, 6.45) is -0.0127. The minimum Gasteiger partial charge on any atom is -0.354 e. The highest BCUT2D eigenvalue weighted by atomic mass is 19.1. The number of benzene rings is 2. The standard InChI is InChI=1S/C19H19F2N3O3/c20-14-6-7-15(16(21)12-14)19(27)23-9-8-17(25)22-10-11-24-18(26)13-4-2-1-3-5-13/h1-7,12H,8-11H2,(H,22,25)(H,23,27)(H,24,26). The first kappa shape index (κ1) is 20.0. The van der Waals surface area contributed by atoms with Crippen LogP contribution in [-0.2, 0) is 4.79 Å². The Balaban J connectivity index is 1.62. The monoisotopic (exact) mass is 375 g/mol. The van der Waals surface area contributed by atoms with E-state index in [-0.39, 0.29) is 43.4 Å². The Kier molecular flexibility index (Phi) is 7.42. The first-order valence-electron chi connectivity index (χ1n) is 8.30. The number of halogens is 2. The maximum atomic E-state index is 13.5. The number of carbonyl (C=O) groups excluding carboxylic acids is 3. The van der Waals surface area contributed by atoms with Gasteiger partial charge in [-0.25, -0.2) is 8.78 Å². The molecule has 2 rings (SSSR count). The molecule has 2 aromatic rings. The molecule has 2 aromatic carbocycles. The third kappa shape index (κ3) is 6.50. The van der Waals surface area contributed by atoms with Gasteiger partial charge in [-0.05, 0) is 24.3 Å². The van der Waals surface area contributed by atoms with Gasteiger partial charge < -0.3 is 16.0 Å². The van der Waals surface area contributed by atoms with E-state index in [1.54, 1.807) is 30.3 Å². The molecule has 0 fully saturated rings. The van der Waals surface area contributed by atoms with Crippen molar-refractivity contribution >= 4 is 17.7 Å². The van der Waals surface area contributed by atoms with Gasteiger partial charge in [0, 0.05) is 37.7 Å². The summed E-state index contributed by atoms with van der Waals surface area (Å²) >= 11 is 0. The van der Waals surface area contributed by atoms with Crippen LogP contribution >= 0.6 is 0 Å². The fourth-order valence-corrected chi connectivity index (χ4v) is 2.22. The van der Waals surface area contributed by atoms with Crippen LogP contribution in [0.25, 0.3) is 0 Å². The first-order chi connectivity index (χ1) is 13.0. The molecule has 27 heavy (non-hydrogen) atoms.